The van der Waals surface area contributed by atoms with Gasteiger partial charge in [0.25, 0.3) is 0 Å². The number of hydrogen-bond acceptors (Lipinski definition) is 2. The third kappa shape index (κ3) is 3.76. The zero-order valence-corrected chi connectivity index (χ0v) is 7.16. The molecule has 1 atom stereocenters. The molecule has 0 saturated carbocycles. The maximum Gasteiger partial charge on any atom is 0.389 e. The van der Waals surface area contributed by atoms with E-state index in [0.717, 1.165) is 0 Å². The van der Waals surface area contributed by atoms with Crippen molar-refractivity contribution >= 4 is 5.78 Å². The van der Waals surface area contributed by atoms with E-state index in [4.69, 9.17) is 0 Å². The summed E-state index contributed by atoms with van der Waals surface area (Å²) in [5.74, 6) is -1.13. The van der Waals surface area contributed by atoms with Gasteiger partial charge in [-0.1, -0.05) is 0 Å². The summed E-state index contributed by atoms with van der Waals surface area (Å²) in [6.45, 7) is 0.804. The number of halogens is 3. The van der Waals surface area contributed by atoms with Crippen molar-refractivity contribution in [3.05, 3.63) is 0 Å². The maximum absolute atomic E-state index is 12.0. The number of nitrogens with one attached hydrogen (secondary N) is 1. The molecule has 1 N–H and O–H groups in total. The van der Waals surface area contributed by atoms with Gasteiger partial charge in [0, 0.05) is 18.9 Å². The molecule has 5 heteroatoms. The fourth-order valence-electron chi connectivity index (χ4n) is 1.45. The van der Waals surface area contributed by atoms with Crippen LogP contribution < -0.4 is 5.32 Å². The molecule has 1 saturated heterocycles. The molecule has 13 heavy (non-hydrogen) atoms. The monoisotopic (exact) mass is 195 g/mol. The molecule has 0 aromatic rings. The number of ketones is 1. The van der Waals surface area contributed by atoms with Gasteiger partial charge in [-0.3, -0.25) is 4.79 Å². The first-order valence-electron chi connectivity index (χ1n) is 4.29. The van der Waals surface area contributed by atoms with E-state index in [0.29, 0.717) is 13.0 Å². The third-order valence-corrected chi connectivity index (χ3v) is 2.10. The summed E-state index contributed by atoms with van der Waals surface area (Å²) in [7, 11) is 0. The molecule has 76 valence electrons. The number of carbonyl (C=O) groups is 1. The van der Waals surface area contributed by atoms with E-state index in [1.807, 2.05) is 0 Å². The number of alkyl halides is 3. The summed E-state index contributed by atoms with van der Waals surface area (Å²) < 4.78 is 35.9. The van der Waals surface area contributed by atoms with E-state index in [9.17, 15) is 18.0 Å². The first kappa shape index (κ1) is 10.5. The zero-order valence-electron chi connectivity index (χ0n) is 7.16. The van der Waals surface area contributed by atoms with E-state index in [1.165, 1.54) is 0 Å². The molecule has 0 amide bonds. The molecule has 0 bridgehead atoms. The number of Topliss-reactive ketones (excluding diaryl/α,β-unsaturated/α-hetero) is 1. The Bertz CT molecular complexity index is 190. The highest BCUT2D eigenvalue weighted by Gasteiger charge is 2.35. The molecule has 1 aliphatic rings. The van der Waals surface area contributed by atoms with Crippen LogP contribution in [0.3, 0.4) is 0 Å². The van der Waals surface area contributed by atoms with Crippen LogP contribution in [-0.4, -0.2) is 25.0 Å². The maximum atomic E-state index is 12.0. The number of carbonyl (C=O) groups excluding carboxylic acids is 1. The van der Waals surface area contributed by atoms with E-state index in [-0.39, 0.29) is 18.7 Å². The fourth-order valence-corrected chi connectivity index (χ4v) is 1.45. The van der Waals surface area contributed by atoms with Crippen molar-refractivity contribution in [2.45, 2.75) is 25.4 Å². The van der Waals surface area contributed by atoms with Gasteiger partial charge in [0.1, 0.15) is 5.78 Å². The molecule has 0 aromatic carbocycles. The molecule has 1 rings (SSSR count). The second-order valence-corrected chi connectivity index (χ2v) is 3.29. The van der Waals surface area contributed by atoms with Crippen LogP contribution in [-0.2, 0) is 4.79 Å². The average Bonchev–Trinajstić information content (AvgIpc) is 2.14. The van der Waals surface area contributed by atoms with Crippen LogP contribution in [0.25, 0.3) is 0 Å². The lowest BCUT2D eigenvalue weighted by Gasteiger charge is -2.14. The van der Waals surface area contributed by atoms with Gasteiger partial charge in [0.2, 0.25) is 0 Å². The molecule has 1 heterocycles. The smallest absolute Gasteiger partial charge is 0.316 e. The normalized spacial score (nSPS) is 25.8. The first-order valence-corrected chi connectivity index (χ1v) is 4.29. The molecule has 1 unspecified atom stereocenters. The summed E-state index contributed by atoms with van der Waals surface area (Å²) >= 11 is 0. The Labute approximate surface area is 74.5 Å². The Balaban J connectivity index is 2.50. The van der Waals surface area contributed by atoms with E-state index < -0.39 is 18.5 Å². The Hall–Kier alpha value is -0.580. The van der Waals surface area contributed by atoms with Crippen LogP contribution in [0, 0.1) is 5.92 Å². The fraction of sp³-hybridized carbons (Fsp3) is 0.875. The van der Waals surface area contributed by atoms with Crippen LogP contribution in [0.5, 0.6) is 0 Å². The van der Waals surface area contributed by atoms with Crippen LogP contribution in [0.1, 0.15) is 19.3 Å². The average molecular weight is 195 g/mol. The van der Waals surface area contributed by atoms with Gasteiger partial charge in [-0.05, 0) is 13.0 Å². The quantitative estimate of drug-likeness (QED) is 0.687. The SMILES string of the molecule is O=C1CCCNCC1CC(F)(F)F. The van der Waals surface area contributed by atoms with Gasteiger partial charge in [-0.25, -0.2) is 0 Å². The molecule has 0 aromatic heterocycles. The predicted molar refractivity (Wildman–Crippen MR) is 41.3 cm³/mol. The van der Waals surface area contributed by atoms with Crippen LogP contribution in [0.15, 0.2) is 0 Å². The Kier molecular flexibility index (Phi) is 3.30. The van der Waals surface area contributed by atoms with Gasteiger partial charge in [-0.15, -0.1) is 0 Å². The van der Waals surface area contributed by atoms with E-state index in [1.54, 1.807) is 0 Å². The lowest BCUT2D eigenvalue weighted by molar-refractivity contribution is -0.152. The van der Waals surface area contributed by atoms with Crippen LogP contribution in [0.4, 0.5) is 13.2 Å². The molecule has 0 spiro atoms. The van der Waals surface area contributed by atoms with Gasteiger partial charge in [0.15, 0.2) is 0 Å². The van der Waals surface area contributed by atoms with Gasteiger partial charge < -0.3 is 5.32 Å². The molecule has 0 aliphatic carbocycles. The lowest BCUT2D eigenvalue weighted by atomic mass is 9.98. The Morgan fingerprint density at radius 2 is 2.15 bits per heavy atom. The summed E-state index contributed by atoms with van der Waals surface area (Å²) in [6.07, 6.45) is -4.30. The standard InChI is InChI=1S/C8H12F3NO/c9-8(10,11)4-6-5-12-3-1-2-7(6)13/h6,12H,1-5H2. The van der Waals surface area contributed by atoms with Crippen LogP contribution in [0.2, 0.25) is 0 Å². The summed E-state index contributed by atoms with van der Waals surface area (Å²) in [5.41, 5.74) is 0. The largest absolute Gasteiger partial charge is 0.389 e. The Morgan fingerprint density at radius 3 is 2.77 bits per heavy atom. The summed E-state index contributed by atoms with van der Waals surface area (Å²) in [5, 5.41) is 2.83. The number of rotatable bonds is 1. The minimum Gasteiger partial charge on any atom is -0.316 e. The van der Waals surface area contributed by atoms with Crippen molar-refractivity contribution in [3.63, 3.8) is 0 Å². The van der Waals surface area contributed by atoms with Crippen molar-refractivity contribution < 1.29 is 18.0 Å². The first-order chi connectivity index (χ1) is 5.99. The second kappa shape index (κ2) is 4.09. The van der Waals surface area contributed by atoms with E-state index in [2.05, 4.69) is 5.32 Å². The highest BCUT2D eigenvalue weighted by Crippen LogP contribution is 2.26. The number of hydrogen-bond donors (Lipinski definition) is 1. The van der Waals surface area contributed by atoms with Crippen molar-refractivity contribution in [3.8, 4) is 0 Å². The van der Waals surface area contributed by atoms with Crippen molar-refractivity contribution in [2.75, 3.05) is 13.1 Å². The zero-order chi connectivity index (χ0) is 9.90. The molecule has 1 aliphatic heterocycles. The minimum atomic E-state index is -4.23. The van der Waals surface area contributed by atoms with Crippen molar-refractivity contribution in [1.29, 1.82) is 0 Å². The summed E-state index contributed by atoms with van der Waals surface area (Å²) in [6, 6.07) is 0. The molecular weight excluding hydrogens is 183 g/mol. The third-order valence-electron chi connectivity index (χ3n) is 2.10. The van der Waals surface area contributed by atoms with Gasteiger partial charge in [0.05, 0.1) is 6.42 Å². The molecule has 1 fully saturated rings. The molecule has 0 radical (unpaired) electrons. The second-order valence-electron chi connectivity index (χ2n) is 3.29. The lowest BCUT2D eigenvalue weighted by Crippen LogP contribution is -2.29. The highest BCUT2D eigenvalue weighted by molar-refractivity contribution is 5.81. The van der Waals surface area contributed by atoms with E-state index >= 15 is 0 Å². The van der Waals surface area contributed by atoms with Gasteiger partial charge >= 0.3 is 6.18 Å². The summed E-state index contributed by atoms with van der Waals surface area (Å²) in [4.78, 5) is 11.2. The van der Waals surface area contributed by atoms with Crippen molar-refractivity contribution in [1.82, 2.24) is 5.32 Å². The van der Waals surface area contributed by atoms with Gasteiger partial charge in [-0.2, -0.15) is 13.2 Å². The predicted octanol–water partition coefficient (Wildman–Crippen LogP) is 1.51. The van der Waals surface area contributed by atoms with Crippen molar-refractivity contribution in [2.24, 2.45) is 5.92 Å². The molecular formula is C8H12F3NO. The minimum absolute atomic E-state index is 0.165. The topological polar surface area (TPSA) is 29.1 Å². The molecule has 2 nitrogen and oxygen atoms in total. The highest BCUT2D eigenvalue weighted by atomic mass is 19.4. The Morgan fingerprint density at radius 1 is 1.46 bits per heavy atom. The van der Waals surface area contributed by atoms with Crippen LogP contribution >= 0.6 is 0 Å².